The van der Waals surface area contributed by atoms with E-state index >= 15 is 0 Å². The van der Waals surface area contributed by atoms with Crippen LogP contribution in [0.25, 0.3) is 0 Å². The lowest BCUT2D eigenvalue weighted by molar-refractivity contribution is 0.316. The molecule has 0 radical (unpaired) electrons. The average molecular weight is 168 g/mol. The van der Waals surface area contributed by atoms with Crippen LogP contribution in [0.4, 0.5) is 0 Å². The van der Waals surface area contributed by atoms with E-state index in [1.165, 1.54) is 12.1 Å². The zero-order chi connectivity index (χ0) is 9.19. The highest BCUT2D eigenvalue weighted by atomic mass is 15.1. The number of hydrogen-bond acceptors (Lipinski definition) is 2. The van der Waals surface area contributed by atoms with Crippen LogP contribution in [0.2, 0.25) is 0 Å². The molecule has 0 saturated heterocycles. The summed E-state index contributed by atoms with van der Waals surface area (Å²) in [6.07, 6.45) is 3.79. The zero-order valence-electron chi connectivity index (χ0n) is 8.65. The van der Waals surface area contributed by atoms with Crippen molar-refractivity contribution in [3.05, 3.63) is 0 Å². The van der Waals surface area contributed by atoms with Crippen LogP contribution in [0.5, 0.6) is 0 Å². The van der Waals surface area contributed by atoms with Crippen LogP contribution < -0.4 is 5.32 Å². The van der Waals surface area contributed by atoms with E-state index in [9.17, 15) is 0 Å². The second-order valence-corrected chi connectivity index (χ2v) is 4.37. The average Bonchev–Trinajstić information content (AvgIpc) is 1.82. The molecule has 0 aliphatic carbocycles. The largest absolute Gasteiger partial charge is 0.290 e. The van der Waals surface area contributed by atoms with Crippen molar-refractivity contribution in [3.8, 4) is 0 Å². The molecular weight excluding hydrogens is 148 g/mol. The van der Waals surface area contributed by atoms with Crippen molar-refractivity contribution in [2.24, 2.45) is 4.99 Å². The van der Waals surface area contributed by atoms with Gasteiger partial charge in [-0.25, -0.2) is 0 Å². The van der Waals surface area contributed by atoms with E-state index in [1.54, 1.807) is 0 Å². The van der Waals surface area contributed by atoms with Gasteiger partial charge in [-0.15, -0.1) is 0 Å². The van der Waals surface area contributed by atoms with Crippen molar-refractivity contribution in [3.63, 3.8) is 0 Å². The molecule has 2 nitrogen and oxygen atoms in total. The predicted molar refractivity (Wildman–Crippen MR) is 53.6 cm³/mol. The smallest absolute Gasteiger partial charge is 0.0997 e. The van der Waals surface area contributed by atoms with E-state index in [0.717, 1.165) is 12.8 Å². The standard InChI is InChI=1S/C10H20N2/c1-5-6-9-11-8(2)7-10(3,4)12-9/h9,12H,5-7H2,1-4H3. The van der Waals surface area contributed by atoms with Crippen LogP contribution >= 0.6 is 0 Å². The van der Waals surface area contributed by atoms with Crippen LogP contribution in [0.15, 0.2) is 4.99 Å². The maximum absolute atomic E-state index is 4.57. The monoisotopic (exact) mass is 168 g/mol. The molecule has 2 heteroatoms. The first-order chi connectivity index (χ1) is 5.53. The van der Waals surface area contributed by atoms with Gasteiger partial charge in [0.2, 0.25) is 0 Å². The number of rotatable bonds is 2. The first-order valence-electron chi connectivity index (χ1n) is 4.84. The number of nitrogens with one attached hydrogen (secondary N) is 1. The Bertz CT molecular complexity index is 182. The highest BCUT2D eigenvalue weighted by molar-refractivity contribution is 5.83. The second kappa shape index (κ2) is 3.56. The molecule has 1 heterocycles. The van der Waals surface area contributed by atoms with Crippen molar-refractivity contribution in [2.75, 3.05) is 0 Å². The van der Waals surface area contributed by atoms with E-state index in [4.69, 9.17) is 0 Å². The molecule has 0 spiro atoms. The van der Waals surface area contributed by atoms with E-state index < -0.39 is 0 Å². The van der Waals surface area contributed by atoms with Gasteiger partial charge < -0.3 is 0 Å². The van der Waals surface area contributed by atoms with Crippen LogP contribution in [0.3, 0.4) is 0 Å². The lowest BCUT2D eigenvalue weighted by atomic mass is 9.95. The molecule has 1 unspecified atom stereocenters. The number of nitrogens with zero attached hydrogens (tertiary/aromatic N) is 1. The molecule has 0 bridgehead atoms. The van der Waals surface area contributed by atoms with Gasteiger partial charge in [0.05, 0.1) is 6.17 Å². The summed E-state index contributed by atoms with van der Waals surface area (Å²) in [6.45, 7) is 8.82. The third-order valence-corrected chi connectivity index (χ3v) is 2.19. The molecule has 1 aliphatic rings. The summed E-state index contributed by atoms with van der Waals surface area (Å²) >= 11 is 0. The molecule has 1 aliphatic heterocycles. The zero-order valence-corrected chi connectivity index (χ0v) is 8.65. The van der Waals surface area contributed by atoms with Gasteiger partial charge in [-0.1, -0.05) is 13.3 Å². The Balaban J connectivity index is 2.61. The lowest BCUT2D eigenvalue weighted by Crippen LogP contribution is -2.49. The van der Waals surface area contributed by atoms with Crippen molar-refractivity contribution < 1.29 is 0 Å². The van der Waals surface area contributed by atoms with Gasteiger partial charge in [0.25, 0.3) is 0 Å². The Morgan fingerprint density at radius 2 is 2.25 bits per heavy atom. The summed E-state index contributed by atoms with van der Waals surface area (Å²) in [7, 11) is 0. The summed E-state index contributed by atoms with van der Waals surface area (Å²) in [5.74, 6) is 0. The minimum Gasteiger partial charge on any atom is -0.290 e. The quantitative estimate of drug-likeness (QED) is 0.672. The third kappa shape index (κ3) is 2.59. The normalized spacial score (nSPS) is 28.3. The fourth-order valence-electron chi connectivity index (χ4n) is 1.90. The van der Waals surface area contributed by atoms with Crippen molar-refractivity contribution in [1.82, 2.24) is 5.32 Å². The number of hydrogen-bond donors (Lipinski definition) is 1. The molecule has 0 aromatic heterocycles. The second-order valence-electron chi connectivity index (χ2n) is 4.37. The molecule has 0 fully saturated rings. The maximum atomic E-state index is 4.57. The summed E-state index contributed by atoms with van der Waals surface area (Å²) < 4.78 is 0. The van der Waals surface area contributed by atoms with Crippen LogP contribution in [0, 0.1) is 0 Å². The first-order valence-corrected chi connectivity index (χ1v) is 4.84. The van der Waals surface area contributed by atoms with Crippen molar-refractivity contribution >= 4 is 5.71 Å². The summed E-state index contributed by atoms with van der Waals surface area (Å²) in [6, 6.07) is 0. The Hall–Kier alpha value is -0.370. The maximum Gasteiger partial charge on any atom is 0.0997 e. The van der Waals surface area contributed by atoms with E-state index in [1.807, 2.05) is 0 Å². The molecule has 70 valence electrons. The SMILES string of the molecule is CCCC1N=C(C)CC(C)(C)N1. The Morgan fingerprint density at radius 1 is 1.58 bits per heavy atom. The van der Waals surface area contributed by atoms with Gasteiger partial charge in [0, 0.05) is 17.7 Å². The Kier molecular flexibility index (Phi) is 2.89. The van der Waals surface area contributed by atoms with Gasteiger partial charge in [-0.2, -0.15) is 0 Å². The van der Waals surface area contributed by atoms with Gasteiger partial charge >= 0.3 is 0 Å². The topological polar surface area (TPSA) is 24.4 Å². The molecule has 1 atom stereocenters. The minimum atomic E-state index is 0.242. The Labute approximate surface area is 75.5 Å². The van der Waals surface area contributed by atoms with E-state index in [2.05, 4.69) is 38.0 Å². The molecule has 1 rings (SSSR count). The summed E-state index contributed by atoms with van der Waals surface area (Å²) in [5.41, 5.74) is 1.53. The molecule has 0 aromatic carbocycles. The summed E-state index contributed by atoms with van der Waals surface area (Å²) in [5, 5.41) is 3.54. The minimum absolute atomic E-state index is 0.242. The number of aliphatic imine (C=N–C) groups is 1. The molecular formula is C10H20N2. The first kappa shape index (κ1) is 9.72. The van der Waals surface area contributed by atoms with Gasteiger partial charge in [0.1, 0.15) is 0 Å². The highest BCUT2D eigenvalue weighted by Gasteiger charge is 2.26. The fraction of sp³-hybridized carbons (Fsp3) is 0.900. The van der Waals surface area contributed by atoms with Crippen LogP contribution in [-0.2, 0) is 0 Å². The predicted octanol–water partition coefficient (Wildman–Crippen LogP) is 2.35. The van der Waals surface area contributed by atoms with Crippen molar-refractivity contribution in [2.45, 2.75) is 58.7 Å². The summed E-state index contributed by atoms with van der Waals surface area (Å²) in [4.78, 5) is 4.57. The molecule has 0 saturated carbocycles. The van der Waals surface area contributed by atoms with Gasteiger partial charge in [-0.05, 0) is 27.2 Å². The van der Waals surface area contributed by atoms with Crippen molar-refractivity contribution in [1.29, 1.82) is 0 Å². The fourth-order valence-corrected chi connectivity index (χ4v) is 1.90. The van der Waals surface area contributed by atoms with Crippen LogP contribution in [-0.4, -0.2) is 17.4 Å². The molecule has 12 heavy (non-hydrogen) atoms. The van der Waals surface area contributed by atoms with Gasteiger partial charge in [0.15, 0.2) is 0 Å². The van der Waals surface area contributed by atoms with E-state index in [0.29, 0.717) is 6.17 Å². The molecule has 0 amide bonds. The van der Waals surface area contributed by atoms with Gasteiger partial charge in [-0.3, -0.25) is 10.3 Å². The Morgan fingerprint density at radius 3 is 2.75 bits per heavy atom. The lowest BCUT2D eigenvalue weighted by Gasteiger charge is -2.34. The molecule has 1 N–H and O–H groups in total. The molecule has 0 aromatic rings. The van der Waals surface area contributed by atoms with E-state index in [-0.39, 0.29) is 5.54 Å². The third-order valence-electron chi connectivity index (χ3n) is 2.19. The highest BCUT2D eigenvalue weighted by Crippen LogP contribution is 2.18. The van der Waals surface area contributed by atoms with Crippen LogP contribution in [0.1, 0.15) is 47.0 Å².